The lowest BCUT2D eigenvalue weighted by Crippen LogP contribution is -2.41. The Morgan fingerprint density at radius 2 is 1.95 bits per heavy atom. The third-order valence-electron chi connectivity index (χ3n) is 2.87. The molecule has 118 valence electrons. The second kappa shape index (κ2) is 6.93. The molecule has 6 nitrogen and oxygen atoms in total. The molecule has 21 heavy (non-hydrogen) atoms. The molecule has 0 aliphatic rings. The Morgan fingerprint density at radius 3 is 2.43 bits per heavy atom. The van der Waals surface area contributed by atoms with Gasteiger partial charge in [0.2, 0.25) is 10.0 Å². The van der Waals surface area contributed by atoms with E-state index in [2.05, 4.69) is 0 Å². The van der Waals surface area contributed by atoms with Crippen LogP contribution in [-0.4, -0.2) is 37.2 Å². The molecule has 1 aromatic carbocycles. The van der Waals surface area contributed by atoms with Crippen molar-refractivity contribution in [1.29, 1.82) is 0 Å². The molecular formula is C12H15Cl2NO5S. The summed E-state index contributed by atoms with van der Waals surface area (Å²) in [5, 5.41) is 18.0. The zero-order valence-corrected chi connectivity index (χ0v) is 13.7. The number of carboxylic acid groups (broad SMARTS) is 1. The molecule has 0 fully saturated rings. The summed E-state index contributed by atoms with van der Waals surface area (Å²) in [7, 11) is -4.19. The van der Waals surface area contributed by atoms with E-state index < -0.39 is 28.6 Å². The molecule has 0 aliphatic carbocycles. The predicted molar refractivity (Wildman–Crippen MR) is 79.4 cm³/mol. The predicted octanol–water partition coefficient (Wildman–Crippen LogP) is 1.72. The third kappa shape index (κ3) is 4.08. The van der Waals surface area contributed by atoms with Gasteiger partial charge in [0.1, 0.15) is 10.9 Å². The van der Waals surface area contributed by atoms with E-state index >= 15 is 0 Å². The van der Waals surface area contributed by atoms with Crippen LogP contribution in [0.1, 0.15) is 17.5 Å². The number of halogens is 2. The molecule has 0 unspecified atom stereocenters. The summed E-state index contributed by atoms with van der Waals surface area (Å²) in [5.41, 5.74) is 0.689. The molecule has 0 radical (unpaired) electrons. The zero-order chi connectivity index (χ0) is 16.4. The Bertz CT molecular complexity index is 634. The topological polar surface area (TPSA) is 104 Å². The normalized spacial score (nSPS) is 13.2. The smallest absolute Gasteiger partial charge is 0.321 e. The Balaban J connectivity index is 3.35. The average Bonchev–Trinajstić information content (AvgIpc) is 2.35. The quantitative estimate of drug-likeness (QED) is 0.720. The van der Waals surface area contributed by atoms with Gasteiger partial charge in [0.25, 0.3) is 0 Å². The standard InChI is InChI=1S/C12H15Cl2NO5S/c1-6-5-8(13)7(2)11(10(6)14)21(19,20)15-9(3-4-16)12(17)18/h5,9,15-16H,3-4H2,1-2H3,(H,17,18)/t9-/m0/s1. The summed E-state index contributed by atoms with van der Waals surface area (Å²) in [4.78, 5) is 10.8. The molecule has 0 bridgehead atoms. The van der Waals surface area contributed by atoms with Gasteiger partial charge in [-0.3, -0.25) is 4.79 Å². The Labute approximate surface area is 132 Å². The van der Waals surface area contributed by atoms with Crippen molar-refractivity contribution in [2.45, 2.75) is 31.2 Å². The van der Waals surface area contributed by atoms with Crippen LogP contribution in [0.5, 0.6) is 0 Å². The summed E-state index contributed by atoms with van der Waals surface area (Å²) in [6.07, 6.45) is -0.259. The second-order valence-electron chi connectivity index (χ2n) is 4.47. The van der Waals surface area contributed by atoms with Crippen LogP contribution in [0.25, 0.3) is 0 Å². The lowest BCUT2D eigenvalue weighted by molar-refractivity contribution is -0.139. The minimum Gasteiger partial charge on any atom is -0.480 e. The van der Waals surface area contributed by atoms with E-state index in [1.807, 2.05) is 4.72 Å². The molecule has 1 aromatic rings. The van der Waals surface area contributed by atoms with Crippen molar-refractivity contribution in [3.05, 3.63) is 27.2 Å². The van der Waals surface area contributed by atoms with E-state index in [1.54, 1.807) is 6.92 Å². The molecule has 0 saturated heterocycles. The molecule has 3 N–H and O–H groups in total. The van der Waals surface area contributed by atoms with Gasteiger partial charge in [-0.15, -0.1) is 0 Å². The highest BCUT2D eigenvalue weighted by atomic mass is 35.5. The zero-order valence-electron chi connectivity index (χ0n) is 11.4. The number of hydrogen-bond donors (Lipinski definition) is 3. The van der Waals surface area contributed by atoms with Gasteiger partial charge in [0, 0.05) is 11.6 Å². The first kappa shape index (κ1) is 18.2. The number of sulfonamides is 1. The van der Waals surface area contributed by atoms with Gasteiger partial charge in [0.15, 0.2) is 0 Å². The lowest BCUT2D eigenvalue weighted by atomic mass is 10.2. The maximum absolute atomic E-state index is 12.4. The molecule has 0 amide bonds. The summed E-state index contributed by atoms with van der Waals surface area (Å²) < 4.78 is 26.8. The molecule has 0 spiro atoms. The number of nitrogens with one attached hydrogen (secondary N) is 1. The summed E-state index contributed by atoms with van der Waals surface area (Å²) in [5.74, 6) is -1.39. The van der Waals surface area contributed by atoms with E-state index in [9.17, 15) is 13.2 Å². The van der Waals surface area contributed by atoms with Gasteiger partial charge < -0.3 is 10.2 Å². The second-order valence-corrected chi connectivity index (χ2v) is 6.90. The van der Waals surface area contributed by atoms with Gasteiger partial charge in [0.05, 0.1) is 5.02 Å². The van der Waals surface area contributed by atoms with Crippen molar-refractivity contribution in [1.82, 2.24) is 4.72 Å². The van der Waals surface area contributed by atoms with E-state index in [0.29, 0.717) is 5.56 Å². The number of hydrogen-bond acceptors (Lipinski definition) is 4. The molecule has 0 aliphatic heterocycles. The minimum atomic E-state index is -4.19. The Kier molecular flexibility index (Phi) is 6.01. The van der Waals surface area contributed by atoms with Crippen LogP contribution in [0.2, 0.25) is 10.0 Å². The van der Waals surface area contributed by atoms with Crippen LogP contribution in [0.3, 0.4) is 0 Å². The van der Waals surface area contributed by atoms with Gasteiger partial charge in [-0.25, -0.2) is 8.42 Å². The molecule has 0 heterocycles. The van der Waals surface area contributed by atoms with Gasteiger partial charge >= 0.3 is 5.97 Å². The fourth-order valence-electron chi connectivity index (χ4n) is 1.74. The molecular weight excluding hydrogens is 341 g/mol. The summed E-state index contributed by atoms with van der Waals surface area (Å²) in [6.45, 7) is 2.60. The molecule has 9 heteroatoms. The van der Waals surface area contributed by atoms with Crippen LogP contribution >= 0.6 is 23.2 Å². The number of aryl methyl sites for hydroxylation is 1. The fourth-order valence-corrected chi connectivity index (χ4v) is 4.18. The van der Waals surface area contributed by atoms with Crippen LogP contribution < -0.4 is 4.72 Å². The third-order valence-corrected chi connectivity index (χ3v) is 5.50. The van der Waals surface area contributed by atoms with E-state index in [4.69, 9.17) is 33.4 Å². The first-order chi connectivity index (χ1) is 9.61. The van der Waals surface area contributed by atoms with Crippen LogP contribution in [0, 0.1) is 13.8 Å². The largest absolute Gasteiger partial charge is 0.480 e. The maximum atomic E-state index is 12.4. The average molecular weight is 356 g/mol. The number of carboxylic acids is 1. The van der Waals surface area contributed by atoms with Crippen LogP contribution in [0.15, 0.2) is 11.0 Å². The van der Waals surface area contributed by atoms with Gasteiger partial charge in [-0.2, -0.15) is 4.72 Å². The van der Waals surface area contributed by atoms with Crippen molar-refractivity contribution in [2.75, 3.05) is 6.61 Å². The van der Waals surface area contributed by atoms with Gasteiger partial charge in [-0.1, -0.05) is 23.2 Å². The van der Waals surface area contributed by atoms with E-state index in [-0.39, 0.29) is 26.9 Å². The molecule has 0 saturated carbocycles. The SMILES string of the molecule is Cc1cc(Cl)c(C)c(S(=O)(=O)N[C@@H](CCO)C(=O)O)c1Cl. The highest BCUT2D eigenvalue weighted by Gasteiger charge is 2.29. The number of aliphatic carboxylic acids is 1. The Morgan fingerprint density at radius 1 is 1.38 bits per heavy atom. The van der Waals surface area contributed by atoms with Crippen molar-refractivity contribution < 1.29 is 23.4 Å². The Hall–Kier alpha value is -0.860. The van der Waals surface area contributed by atoms with Crippen LogP contribution in [-0.2, 0) is 14.8 Å². The number of aliphatic hydroxyl groups is 1. The summed E-state index contributed by atoms with van der Waals surface area (Å²) >= 11 is 12.0. The highest BCUT2D eigenvalue weighted by molar-refractivity contribution is 7.89. The van der Waals surface area contributed by atoms with E-state index in [1.165, 1.54) is 13.0 Å². The van der Waals surface area contributed by atoms with Gasteiger partial charge in [-0.05, 0) is 37.5 Å². The van der Waals surface area contributed by atoms with Crippen molar-refractivity contribution in [3.8, 4) is 0 Å². The monoisotopic (exact) mass is 355 g/mol. The maximum Gasteiger partial charge on any atom is 0.321 e. The van der Waals surface area contributed by atoms with E-state index in [0.717, 1.165) is 0 Å². The molecule has 0 aromatic heterocycles. The van der Waals surface area contributed by atoms with Crippen molar-refractivity contribution in [2.24, 2.45) is 0 Å². The number of benzene rings is 1. The van der Waals surface area contributed by atoms with Crippen molar-refractivity contribution >= 4 is 39.2 Å². The van der Waals surface area contributed by atoms with Crippen LogP contribution in [0.4, 0.5) is 0 Å². The van der Waals surface area contributed by atoms with Crippen molar-refractivity contribution in [3.63, 3.8) is 0 Å². The number of rotatable bonds is 6. The first-order valence-corrected chi connectivity index (χ1v) is 8.17. The highest BCUT2D eigenvalue weighted by Crippen LogP contribution is 2.33. The lowest BCUT2D eigenvalue weighted by Gasteiger charge is -2.17. The fraction of sp³-hybridized carbons (Fsp3) is 0.417. The number of carbonyl (C=O) groups is 1. The molecule has 1 rings (SSSR count). The first-order valence-electron chi connectivity index (χ1n) is 5.93. The molecule has 1 atom stereocenters. The number of aliphatic hydroxyl groups excluding tert-OH is 1. The minimum absolute atomic E-state index is 0.0162. The summed E-state index contributed by atoms with van der Waals surface area (Å²) in [6, 6.07) is 0.0791.